The van der Waals surface area contributed by atoms with Crippen LogP contribution in [0, 0.1) is 0 Å². The van der Waals surface area contributed by atoms with Crippen LogP contribution in [0.2, 0.25) is 0 Å². The molecule has 0 saturated carbocycles. The number of carbonyl (C=O) groups is 1. The van der Waals surface area contributed by atoms with Gasteiger partial charge in [-0.25, -0.2) is 4.98 Å². The molecule has 5 nitrogen and oxygen atoms in total. The summed E-state index contributed by atoms with van der Waals surface area (Å²) in [4.78, 5) is 16.1. The summed E-state index contributed by atoms with van der Waals surface area (Å²) in [7, 11) is 4.24. The minimum Gasteiger partial charge on any atom is -0.384 e. The van der Waals surface area contributed by atoms with Crippen molar-refractivity contribution >= 4 is 12.1 Å². The molecule has 18 heavy (non-hydrogen) atoms. The van der Waals surface area contributed by atoms with Gasteiger partial charge >= 0.3 is 0 Å². The van der Waals surface area contributed by atoms with E-state index in [0.717, 1.165) is 12.3 Å². The molecule has 1 fully saturated rings. The normalized spacial score (nSPS) is 16.8. The van der Waals surface area contributed by atoms with E-state index in [4.69, 9.17) is 5.73 Å². The second kappa shape index (κ2) is 7.79. The van der Waals surface area contributed by atoms with Crippen LogP contribution in [0.1, 0.15) is 23.2 Å². The topological polar surface area (TPSA) is 71.2 Å². The van der Waals surface area contributed by atoms with Gasteiger partial charge in [0.05, 0.1) is 0 Å². The van der Waals surface area contributed by atoms with Gasteiger partial charge in [0.2, 0.25) is 0 Å². The maximum Gasteiger partial charge on any atom is 0.151 e. The third kappa shape index (κ3) is 5.25. The smallest absolute Gasteiger partial charge is 0.151 e. The second-order valence-corrected chi connectivity index (χ2v) is 4.50. The number of anilines is 1. The molecular weight excluding hydrogens is 228 g/mol. The fourth-order valence-electron chi connectivity index (χ4n) is 1.78. The van der Waals surface area contributed by atoms with Crippen LogP contribution in [-0.2, 0) is 0 Å². The number of nitrogens with one attached hydrogen (secondary N) is 1. The van der Waals surface area contributed by atoms with Crippen molar-refractivity contribution in [2.45, 2.75) is 18.9 Å². The number of hydrogen-bond acceptors (Lipinski definition) is 5. The van der Waals surface area contributed by atoms with Crippen LogP contribution >= 0.6 is 0 Å². The first-order chi connectivity index (χ1) is 8.65. The van der Waals surface area contributed by atoms with Crippen molar-refractivity contribution in [2.75, 3.05) is 32.9 Å². The van der Waals surface area contributed by atoms with Gasteiger partial charge in [0.1, 0.15) is 5.82 Å². The molecule has 0 atom stereocenters. The Bertz CT molecular complexity index is 345. The molecule has 100 valence electrons. The van der Waals surface area contributed by atoms with Crippen LogP contribution in [-0.4, -0.2) is 49.4 Å². The van der Waals surface area contributed by atoms with Gasteiger partial charge in [-0.05, 0) is 52.2 Å². The van der Waals surface area contributed by atoms with Gasteiger partial charge in [-0.15, -0.1) is 0 Å². The average molecular weight is 250 g/mol. The molecule has 0 aliphatic carbocycles. The Morgan fingerprint density at radius 1 is 1.44 bits per heavy atom. The van der Waals surface area contributed by atoms with Crippen LogP contribution in [0.3, 0.4) is 0 Å². The summed E-state index contributed by atoms with van der Waals surface area (Å²) < 4.78 is 0. The number of likely N-dealkylation sites (tertiary alicyclic amines) is 1. The number of nitrogens with zero attached hydrogens (tertiary/aromatic N) is 2. The van der Waals surface area contributed by atoms with Crippen LogP contribution in [0.25, 0.3) is 0 Å². The number of hydrogen-bond donors (Lipinski definition) is 2. The molecule has 2 heterocycles. The Labute approximate surface area is 108 Å². The van der Waals surface area contributed by atoms with Crippen molar-refractivity contribution in [3.8, 4) is 0 Å². The zero-order valence-electron chi connectivity index (χ0n) is 11.1. The number of carbonyl (C=O) groups excluding carboxylic acids is 1. The lowest BCUT2D eigenvalue weighted by molar-refractivity contribution is 0.112. The fraction of sp³-hybridized carbons (Fsp3) is 0.538. The van der Waals surface area contributed by atoms with E-state index >= 15 is 0 Å². The summed E-state index contributed by atoms with van der Waals surface area (Å²) in [5.74, 6) is 0.431. The predicted octanol–water partition coefficient (Wildman–Crippen LogP) is 0.776. The largest absolute Gasteiger partial charge is 0.384 e. The monoisotopic (exact) mass is 250 g/mol. The molecule has 1 aromatic heterocycles. The Morgan fingerprint density at radius 2 is 2.11 bits per heavy atom. The maximum absolute atomic E-state index is 10.0. The number of aromatic nitrogens is 1. The van der Waals surface area contributed by atoms with E-state index in [-0.39, 0.29) is 0 Å². The van der Waals surface area contributed by atoms with Gasteiger partial charge in [-0.3, -0.25) is 4.79 Å². The minimum absolute atomic E-state index is 0.431. The Morgan fingerprint density at radius 3 is 2.56 bits per heavy atom. The first-order valence-corrected chi connectivity index (χ1v) is 6.18. The average Bonchev–Trinajstić information content (AvgIpc) is 2.41. The molecule has 0 spiro atoms. The number of aldehydes is 1. The maximum atomic E-state index is 10.0. The lowest BCUT2D eigenvalue weighted by Crippen LogP contribution is -2.39. The van der Waals surface area contributed by atoms with Crippen molar-refractivity contribution in [1.82, 2.24) is 15.2 Å². The number of nitrogen functional groups attached to an aromatic ring is 1. The minimum atomic E-state index is 0.431. The molecule has 0 aromatic carbocycles. The Kier molecular flexibility index (Phi) is 6.32. The third-order valence-electron chi connectivity index (χ3n) is 3.07. The van der Waals surface area contributed by atoms with Crippen LogP contribution in [0.5, 0.6) is 0 Å². The zero-order valence-corrected chi connectivity index (χ0v) is 11.1. The van der Waals surface area contributed by atoms with E-state index < -0.39 is 0 Å². The molecule has 3 N–H and O–H groups in total. The lowest BCUT2D eigenvalue weighted by Gasteiger charge is -2.28. The molecule has 0 unspecified atom stereocenters. The van der Waals surface area contributed by atoms with Crippen molar-refractivity contribution in [3.63, 3.8) is 0 Å². The van der Waals surface area contributed by atoms with E-state index in [2.05, 4.69) is 29.3 Å². The highest BCUT2D eigenvalue weighted by atomic mass is 16.1. The molecule has 1 aliphatic heterocycles. The Hall–Kier alpha value is -1.46. The Balaban J connectivity index is 0.000000180. The molecule has 1 aromatic rings. The van der Waals surface area contributed by atoms with E-state index in [1.807, 2.05) is 0 Å². The first-order valence-electron chi connectivity index (χ1n) is 6.18. The quantitative estimate of drug-likeness (QED) is 0.759. The number of piperidine rings is 1. The number of pyridine rings is 1. The van der Waals surface area contributed by atoms with Gasteiger partial charge in [-0.2, -0.15) is 0 Å². The highest BCUT2D eigenvalue weighted by Gasteiger charge is 2.13. The number of nitrogens with two attached hydrogens (primary N) is 1. The molecule has 0 bridgehead atoms. The summed E-state index contributed by atoms with van der Waals surface area (Å²) in [5.41, 5.74) is 5.80. The number of rotatable bonds is 2. The molecule has 1 saturated heterocycles. The molecule has 0 amide bonds. The van der Waals surface area contributed by atoms with Gasteiger partial charge in [0.15, 0.2) is 6.29 Å². The molecular formula is C13H22N4O. The second-order valence-electron chi connectivity index (χ2n) is 4.50. The third-order valence-corrected chi connectivity index (χ3v) is 3.07. The molecule has 0 radical (unpaired) electrons. The molecule has 5 heteroatoms. The van der Waals surface area contributed by atoms with Crippen molar-refractivity contribution in [2.24, 2.45) is 0 Å². The summed E-state index contributed by atoms with van der Waals surface area (Å²) in [5, 5.41) is 3.30. The first kappa shape index (κ1) is 14.6. The van der Waals surface area contributed by atoms with Crippen LogP contribution in [0.4, 0.5) is 5.82 Å². The lowest BCUT2D eigenvalue weighted by atomic mass is 10.1. The van der Waals surface area contributed by atoms with Crippen LogP contribution in [0.15, 0.2) is 18.3 Å². The summed E-state index contributed by atoms with van der Waals surface area (Å²) in [6.45, 7) is 2.51. The summed E-state index contributed by atoms with van der Waals surface area (Å²) in [6, 6.07) is 3.99. The van der Waals surface area contributed by atoms with E-state index in [1.165, 1.54) is 32.1 Å². The van der Waals surface area contributed by atoms with E-state index in [0.29, 0.717) is 11.4 Å². The summed E-state index contributed by atoms with van der Waals surface area (Å²) >= 11 is 0. The van der Waals surface area contributed by atoms with Gasteiger partial charge in [-0.1, -0.05) is 0 Å². The SMILES string of the molecule is CNC1CCN(C)CC1.Nc1ccc(C=O)cn1. The molecule has 1 aliphatic rings. The van der Waals surface area contributed by atoms with Crippen LogP contribution < -0.4 is 11.1 Å². The highest BCUT2D eigenvalue weighted by Crippen LogP contribution is 2.06. The van der Waals surface area contributed by atoms with Gasteiger partial charge in [0, 0.05) is 17.8 Å². The standard InChI is InChI=1S/C7H16N2.C6H6N2O/c1-8-7-3-5-9(2)6-4-7;7-6-2-1-5(4-9)3-8-6/h7-8H,3-6H2,1-2H3;1-4H,(H2,7,8). The van der Waals surface area contributed by atoms with Crippen molar-refractivity contribution in [3.05, 3.63) is 23.9 Å². The van der Waals surface area contributed by atoms with E-state index in [1.54, 1.807) is 12.1 Å². The van der Waals surface area contributed by atoms with Gasteiger partial charge < -0.3 is 16.0 Å². The zero-order chi connectivity index (χ0) is 13.4. The van der Waals surface area contributed by atoms with E-state index in [9.17, 15) is 4.79 Å². The van der Waals surface area contributed by atoms with Gasteiger partial charge in [0.25, 0.3) is 0 Å². The van der Waals surface area contributed by atoms with Crippen molar-refractivity contribution in [1.29, 1.82) is 0 Å². The van der Waals surface area contributed by atoms with Crippen molar-refractivity contribution < 1.29 is 4.79 Å². The predicted molar refractivity (Wildman–Crippen MR) is 73.6 cm³/mol. The highest BCUT2D eigenvalue weighted by molar-refractivity contribution is 5.74. The summed E-state index contributed by atoms with van der Waals surface area (Å²) in [6.07, 6.45) is 4.79. The molecule has 2 rings (SSSR count). The fourth-order valence-corrected chi connectivity index (χ4v) is 1.78.